The molecule has 1 heterocycles. The molecule has 1 saturated carbocycles. The molecule has 0 bridgehead atoms. The number of nitrogens with one attached hydrogen (secondary N) is 2. The number of ether oxygens (including phenoxy) is 2. The summed E-state index contributed by atoms with van der Waals surface area (Å²) in [5.41, 5.74) is 1.80. The van der Waals surface area contributed by atoms with Gasteiger partial charge in [0.15, 0.2) is 0 Å². The lowest BCUT2D eigenvalue weighted by Crippen LogP contribution is -2.42. The van der Waals surface area contributed by atoms with Crippen molar-refractivity contribution in [2.75, 3.05) is 19.5 Å². The summed E-state index contributed by atoms with van der Waals surface area (Å²) in [7, 11) is 3.04. The normalized spacial score (nSPS) is 17.4. The molecule has 0 spiro atoms. The Labute approximate surface area is 212 Å². The van der Waals surface area contributed by atoms with E-state index in [1.54, 1.807) is 18.3 Å². The molecule has 1 aliphatic carbocycles. The lowest BCUT2D eigenvalue weighted by atomic mass is 10.0. The zero-order chi connectivity index (χ0) is 24.4. The molecule has 0 radical (unpaired) electrons. The molecule has 178 valence electrons. The maximum absolute atomic E-state index is 11.7. The highest BCUT2D eigenvalue weighted by Crippen LogP contribution is 2.47. The Bertz CT molecular complexity index is 1240. The van der Waals surface area contributed by atoms with Crippen molar-refractivity contribution in [3.8, 4) is 22.6 Å². The van der Waals surface area contributed by atoms with Crippen LogP contribution in [0.1, 0.15) is 19.3 Å². The van der Waals surface area contributed by atoms with Gasteiger partial charge in [-0.2, -0.15) is 0 Å². The molecule has 0 saturated heterocycles. The third-order valence-electron chi connectivity index (χ3n) is 5.84. The molecule has 3 aromatic rings. The first-order valence-electron chi connectivity index (χ1n) is 10.6. The zero-order valence-electron chi connectivity index (χ0n) is 18.6. The molecule has 1 aromatic heterocycles. The number of amides is 1. The fourth-order valence-corrected chi connectivity index (χ4v) is 5.16. The van der Waals surface area contributed by atoms with Gasteiger partial charge in [-0.25, -0.2) is 9.97 Å². The lowest BCUT2D eigenvalue weighted by molar-refractivity contribution is -0.117. The second-order valence-corrected chi connectivity index (χ2v) is 9.04. The summed E-state index contributed by atoms with van der Waals surface area (Å²) in [6.45, 7) is 3.51. The Morgan fingerprint density at radius 3 is 2.41 bits per heavy atom. The third kappa shape index (κ3) is 4.73. The molecule has 1 fully saturated rings. The van der Waals surface area contributed by atoms with Gasteiger partial charge in [-0.3, -0.25) is 4.79 Å². The van der Waals surface area contributed by atoms with Gasteiger partial charge < -0.3 is 20.1 Å². The van der Waals surface area contributed by atoms with Gasteiger partial charge in [-0.15, -0.1) is 0 Å². The Morgan fingerprint density at radius 1 is 1.09 bits per heavy atom. The van der Waals surface area contributed by atoms with Crippen LogP contribution in [0.5, 0.6) is 11.5 Å². The van der Waals surface area contributed by atoms with Crippen LogP contribution >= 0.6 is 34.8 Å². The highest BCUT2D eigenvalue weighted by atomic mass is 35.5. The van der Waals surface area contributed by atoms with E-state index in [1.807, 2.05) is 6.07 Å². The minimum absolute atomic E-state index is 0.0151. The number of hydrogen-bond acceptors (Lipinski definition) is 6. The molecule has 2 aromatic carbocycles. The lowest BCUT2D eigenvalue weighted by Gasteiger charge is -2.21. The Balaban J connectivity index is 1.69. The second-order valence-electron chi connectivity index (χ2n) is 7.87. The molecule has 34 heavy (non-hydrogen) atoms. The van der Waals surface area contributed by atoms with E-state index in [9.17, 15) is 4.79 Å². The van der Waals surface area contributed by atoms with Crippen molar-refractivity contribution in [1.29, 1.82) is 0 Å². The van der Waals surface area contributed by atoms with Crippen molar-refractivity contribution >= 4 is 57.6 Å². The van der Waals surface area contributed by atoms with Crippen LogP contribution in [0.15, 0.2) is 37.1 Å². The van der Waals surface area contributed by atoms with Crippen molar-refractivity contribution in [2.45, 2.75) is 31.3 Å². The number of methoxy groups -OCH3 is 2. The fourth-order valence-electron chi connectivity index (χ4n) is 4.17. The standard InChI is InChI=1S/C24H23Cl3N4O3/c1-4-19(32)29-15-6-5-7-16(15)30-24-28-11-13-8-12(9-14(25)23(13)31-24)20-21(26)17(33-2)10-18(34-3)22(20)27/h4,8-11,15-16H,1,5-7H2,2-3H3,(H,29,32)(H,28,30,31). The van der Waals surface area contributed by atoms with Gasteiger partial charge in [-0.1, -0.05) is 41.4 Å². The fraction of sp³-hybridized carbons (Fsp3) is 0.292. The quantitative estimate of drug-likeness (QED) is 0.376. The maximum Gasteiger partial charge on any atom is 0.243 e. The Hall–Kier alpha value is -2.74. The van der Waals surface area contributed by atoms with Crippen LogP contribution in [0.2, 0.25) is 15.1 Å². The topological polar surface area (TPSA) is 85.4 Å². The molecule has 4 rings (SSSR count). The number of anilines is 1. The molecular weight excluding hydrogens is 499 g/mol. The highest BCUT2D eigenvalue weighted by Gasteiger charge is 2.29. The smallest absolute Gasteiger partial charge is 0.243 e. The summed E-state index contributed by atoms with van der Waals surface area (Å²) >= 11 is 19.8. The molecule has 2 unspecified atom stereocenters. The number of benzene rings is 2. The minimum Gasteiger partial charge on any atom is -0.495 e. The van der Waals surface area contributed by atoms with Gasteiger partial charge >= 0.3 is 0 Å². The van der Waals surface area contributed by atoms with Crippen molar-refractivity contribution in [3.05, 3.63) is 52.1 Å². The predicted octanol–water partition coefficient (Wildman–Crippen LogP) is 5.91. The highest BCUT2D eigenvalue weighted by molar-refractivity contribution is 6.41. The third-order valence-corrected chi connectivity index (χ3v) is 6.88. The van der Waals surface area contributed by atoms with Gasteiger partial charge in [0.05, 0.1) is 34.8 Å². The summed E-state index contributed by atoms with van der Waals surface area (Å²) in [5, 5.41) is 8.10. The summed E-state index contributed by atoms with van der Waals surface area (Å²) in [6.07, 6.45) is 5.72. The SMILES string of the molecule is C=CC(=O)NC1CCCC1Nc1ncc2cc(-c3c(Cl)c(OC)cc(OC)c3Cl)cc(Cl)c2n1. The first kappa shape index (κ1) is 24.4. The number of nitrogens with zero attached hydrogens (tertiary/aromatic N) is 2. The molecule has 1 amide bonds. The van der Waals surface area contributed by atoms with Crippen LogP contribution < -0.4 is 20.1 Å². The van der Waals surface area contributed by atoms with E-state index in [0.29, 0.717) is 54.5 Å². The molecule has 7 nitrogen and oxygen atoms in total. The van der Waals surface area contributed by atoms with E-state index in [4.69, 9.17) is 44.3 Å². The van der Waals surface area contributed by atoms with E-state index in [2.05, 4.69) is 27.2 Å². The van der Waals surface area contributed by atoms with Gasteiger partial charge in [0.2, 0.25) is 11.9 Å². The van der Waals surface area contributed by atoms with E-state index in [-0.39, 0.29) is 18.0 Å². The van der Waals surface area contributed by atoms with E-state index < -0.39 is 0 Å². The first-order valence-corrected chi connectivity index (χ1v) is 11.8. The zero-order valence-corrected chi connectivity index (χ0v) is 20.9. The largest absolute Gasteiger partial charge is 0.495 e. The number of fused-ring (bicyclic) bond motifs is 1. The first-order chi connectivity index (χ1) is 16.4. The van der Waals surface area contributed by atoms with Gasteiger partial charge in [-0.05, 0) is 43.0 Å². The van der Waals surface area contributed by atoms with Crippen LogP contribution in [0.25, 0.3) is 22.0 Å². The molecular formula is C24H23Cl3N4O3. The maximum atomic E-state index is 11.7. The minimum atomic E-state index is -0.194. The van der Waals surface area contributed by atoms with Crippen LogP contribution in [0, 0.1) is 0 Å². The van der Waals surface area contributed by atoms with Crippen molar-refractivity contribution < 1.29 is 14.3 Å². The van der Waals surface area contributed by atoms with Crippen LogP contribution in [-0.4, -0.2) is 42.2 Å². The average Bonchev–Trinajstić information content (AvgIpc) is 3.26. The molecule has 2 N–H and O–H groups in total. The molecule has 1 aliphatic rings. The van der Waals surface area contributed by atoms with E-state index >= 15 is 0 Å². The average molecular weight is 522 g/mol. The van der Waals surface area contributed by atoms with E-state index in [1.165, 1.54) is 20.3 Å². The van der Waals surface area contributed by atoms with Gasteiger partial charge in [0, 0.05) is 35.3 Å². The number of aromatic nitrogens is 2. The second kappa shape index (κ2) is 10.3. The van der Waals surface area contributed by atoms with Crippen LogP contribution in [0.4, 0.5) is 5.95 Å². The van der Waals surface area contributed by atoms with Crippen molar-refractivity contribution in [3.63, 3.8) is 0 Å². The summed E-state index contributed by atoms with van der Waals surface area (Å²) in [4.78, 5) is 20.8. The predicted molar refractivity (Wildman–Crippen MR) is 136 cm³/mol. The Morgan fingerprint density at radius 2 is 1.76 bits per heavy atom. The monoisotopic (exact) mass is 520 g/mol. The van der Waals surface area contributed by atoms with Crippen LogP contribution in [-0.2, 0) is 4.79 Å². The number of carbonyl (C=O) groups is 1. The van der Waals surface area contributed by atoms with Crippen molar-refractivity contribution in [2.24, 2.45) is 0 Å². The molecule has 2 atom stereocenters. The van der Waals surface area contributed by atoms with Crippen molar-refractivity contribution in [1.82, 2.24) is 15.3 Å². The molecule has 10 heteroatoms. The van der Waals surface area contributed by atoms with Crippen LogP contribution in [0.3, 0.4) is 0 Å². The number of halogens is 3. The van der Waals surface area contributed by atoms with Gasteiger partial charge in [0.25, 0.3) is 0 Å². The van der Waals surface area contributed by atoms with Gasteiger partial charge in [0.1, 0.15) is 11.5 Å². The Kier molecular flexibility index (Phi) is 7.36. The summed E-state index contributed by atoms with van der Waals surface area (Å²) < 4.78 is 10.7. The molecule has 0 aliphatic heterocycles. The van der Waals surface area contributed by atoms with E-state index in [0.717, 1.165) is 19.3 Å². The summed E-state index contributed by atoms with van der Waals surface area (Å²) in [6, 6.07) is 5.23. The number of hydrogen-bond donors (Lipinski definition) is 2. The summed E-state index contributed by atoms with van der Waals surface area (Å²) in [5.74, 6) is 1.10. The number of carbonyl (C=O) groups excluding carboxylic acids is 1. The number of rotatable bonds is 7.